The number of aryl methyl sites for hydroxylation is 2. The minimum Gasteiger partial charge on any atom is -0.302 e. The third-order valence-corrected chi connectivity index (χ3v) is 4.84. The molecule has 0 aliphatic heterocycles. The normalized spacial score (nSPS) is 9.88. The number of pyridine rings is 1. The molecule has 2 heterocycles. The molecule has 165 valence electrons. The molecule has 0 aliphatic carbocycles. The van der Waals surface area contributed by atoms with Crippen LogP contribution in [0.1, 0.15) is 11.3 Å². The van der Waals surface area contributed by atoms with E-state index in [2.05, 4.69) is 58.3 Å². The Balaban J connectivity index is 0.000000186. The second-order valence-corrected chi connectivity index (χ2v) is 7.37. The van der Waals surface area contributed by atoms with Crippen LogP contribution in [0.4, 0.5) is 0 Å². The zero-order chi connectivity index (χ0) is 22.2. The van der Waals surface area contributed by atoms with Crippen molar-refractivity contribution in [3.05, 3.63) is 127 Å². The molecule has 5 aromatic rings. The Bertz CT molecular complexity index is 1190. The van der Waals surface area contributed by atoms with E-state index in [4.69, 9.17) is 0 Å². The number of hydrogen-bond donors (Lipinski definition) is 0. The zero-order valence-corrected chi connectivity index (χ0v) is 20.9. The van der Waals surface area contributed by atoms with E-state index in [1.54, 1.807) is 12.4 Å². The van der Waals surface area contributed by atoms with Crippen molar-refractivity contribution in [3.63, 3.8) is 0 Å². The van der Waals surface area contributed by atoms with E-state index in [1.807, 2.05) is 73.7 Å². The molecule has 0 fully saturated rings. The van der Waals surface area contributed by atoms with E-state index in [0.717, 1.165) is 28.1 Å². The largest absolute Gasteiger partial charge is 0.302 e. The molecule has 0 saturated heterocycles. The van der Waals surface area contributed by atoms with Crippen molar-refractivity contribution in [2.45, 2.75) is 13.8 Å². The van der Waals surface area contributed by atoms with Crippen molar-refractivity contribution in [1.82, 2.24) is 15.0 Å². The summed E-state index contributed by atoms with van der Waals surface area (Å²) < 4.78 is 0. The molecule has 0 atom stereocenters. The van der Waals surface area contributed by atoms with Gasteiger partial charge in [-0.3, -0.25) is 9.97 Å². The van der Waals surface area contributed by atoms with Crippen LogP contribution in [0.25, 0.3) is 33.8 Å². The number of hydrogen-bond acceptors (Lipinski definition) is 3. The molecule has 3 nitrogen and oxygen atoms in total. The number of benzene rings is 3. The van der Waals surface area contributed by atoms with Crippen molar-refractivity contribution >= 4 is 0 Å². The van der Waals surface area contributed by atoms with E-state index in [0.29, 0.717) is 5.82 Å². The SMILES string of the molecule is Cc1cc[c-]c(-c2cccc(C)n2)c1.[Ir].[c-]1ccc(-c2ccccc2)cc1-c1ncccn1. The molecule has 2 aromatic heterocycles. The first-order chi connectivity index (χ1) is 15.7. The van der Waals surface area contributed by atoms with Gasteiger partial charge in [-0.2, -0.15) is 0 Å². The van der Waals surface area contributed by atoms with E-state index >= 15 is 0 Å². The Kier molecular flexibility index (Phi) is 8.77. The van der Waals surface area contributed by atoms with Crippen molar-refractivity contribution in [2.75, 3.05) is 0 Å². The van der Waals surface area contributed by atoms with Gasteiger partial charge in [-0.05, 0) is 30.3 Å². The predicted octanol–water partition coefficient (Wildman–Crippen LogP) is 6.77. The van der Waals surface area contributed by atoms with Crippen LogP contribution in [0.2, 0.25) is 0 Å². The molecule has 0 N–H and O–H groups in total. The maximum Gasteiger partial charge on any atom is 0.0748 e. The third kappa shape index (κ3) is 6.76. The zero-order valence-electron chi connectivity index (χ0n) is 18.5. The fourth-order valence-electron chi connectivity index (χ4n) is 3.27. The van der Waals surface area contributed by atoms with Crippen LogP contribution < -0.4 is 0 Å². The molecular weight excluding hydrogens is 583 g/mol. The second-order valence-electron chi connectivity index (χ2n) is 7.37. The van der Waals surface area contributed by atoms with E-state index in [1.165, 1.54) is 11.1 Å². The van der Waals surface area contributed by atoms with Crippen LogP contribution in [-0.2, 0) is 20.1 Å². The molecule has 5 rings (SSSR count). The van der Waals surface area contributed by atoms with Gasteiger partial charge in [-0.25, -0.2) is 0 Å². The van der Waals surface area contributed by atoms with Gasteiger partial charge in [0.15, 0.2) is 0 Å². The molecule has 0 spiro atoms. The summed E-state index contributed by atoms with van der Waals surface area (Å²) in [5.74, 6) is 0.704. The molecule has 3 aromatic carbocycles. The van der Waals surface area contributed by atoms with Gasteiger partial charge < -0.3 is 4.98 Å². The quantitative estimate of drug-likeness (QED) is 0.213. The smallest absolute Gasteiger partial charge is 0.0748 e. The van der Waals surface area contributed by atoms with Crippen molar-refractivity contribution in [1.29, 1.82) is 0 Å². The van der Waals surface area contributed by atoms with E-state index < -0.39 is 0 Å². The minimum atomic E-state index is 0. The van der Waals surface area contributed by atoms with Crippen LogP contribution >= 0.6 is 0 Å². The second kappa shape index (κ2) is 12.0. The van der Waals surface area contributed by atoms with Gasteiger partial charge in [0.25, 0.3) is 0 Å². The van der Waals surface area contributed by atoms with Gasteiger partial charge in [0.1, 0.15) is 0 Å². The molecule has 33 heavy (non-hydrogen) atoms. The van der Waals surface area contributed by atoms with Crippen LogP contribution in [0.15, 0.2) is 103 Å². The first-order valence-corrected chi connectivity index (χ1v) is 10.5. The third-order valence-electron chi connectivity index (χ3n) is 4.84. The van der Waals surface area contributed by atoms with Gasteiger partial charge >= 0.3 is 0 Å². The summed E-state index contributed by atoms with van der Waals surface area (Å²) in [5, 5.41) is 0. The summed E-state index contributed by atoms with van der Waals surface area (Å²) in [7, 11) is 0. The molecule has 0 amide bonds. The molecule has 4 heteroatoms. The van der Waals surface area contributed by atoms with Crippen molar-refractivity contribution in [3.8, 4) is 33.8 Å². The van der Waals surface area contributed by atoms with Crippen molar-refractivity contribution < 1.29 is 20.1 Å². The number of rotatable bonds is 3. The molecule has 0 unspecified atom stereocenters. The van der Waals surface area contributed by atoms with Crippen LogP contribution in [0, 0.1) is 26.0 Å². The fraction of sp³-hybridized carbons (Fsp3) is 0.0690. The van der Waals surface area contributed by atoms with Crippen LogP contribution in [0.5, 0.6) is 0 Å². The summed E-state index contributed by atoms with van der Waals surface area (Å²) in [4.78, 5) is 12.9. The average Bonchev–Trinajstić information content (AvgIpc) is 2.86. The van der Waals surface area contributed by atoms with E-state index in [-0.39, 0.29) is 20.1 Å². The van der Waals surface area contributed by atoms with Gasteiger partial charge in [-0.15, -0.1) is 70.8 Å². The van der Waals surface area contributed by atoms with Crippen molar-refractivity contribution in [2.24, 2.45) is 0 Å². The minimum absolute atomic E-state index is 0. The maximum absolute atomic E-state index is 4.45. The summed E-state index contributed by atoms with van der Waals surface area (Å²) in [6.45, 7) is 4.08. The Hall–Kier alpha value is -3.46. The number of aromatic nitrogens is 3. The van der Waals surface area contributed by atoms with Crippen LogP contribution in [0.3, 0.4) is 0 Å². The van der Waals surface area contributed by atoms with Gasteiger partial charge in [0.05, 0.1) is 5.82 Å². The standard InChI is InChI=1S/C16H11N2.C13H12N.Ir/c1-2-6-13(7-3-1)14-8-4-9-15(12-14)16-17-10-5-11-18-16;1-10-5-3-7-12(9-10)13-8-4-6-11(2)14-13;/h1-8,10-12H;3-6,8-9H,1-2H3;/q2*-1;. The summed E-state index contributed by atoms with van der Waals surface area (Å²) in [6.07, 6.45) is 3.48. The summed E-state index contributed by atoms with van der Waals surface area (Å²) >= 11 is 0. The molecule has 0 aliphatic rings. The first-order valence-electron chi connectivity index (χ1n) is 10.5. The molecule has 0 bridgehead atoms. The molecule has 0 saturated carbocycles. The van der Waals surface area contributed by atoms with Gasteiger partial charge in [0.2, 0.25) is 0 Å². The Morgan fingerprint density at radius 1 is 0.636 bits per heavy atom. The summed E-state index contributed by atoms with van der Waals surface area (Å²) in [5.41, 5.74) is 7.58. The van der Waals surface area contributed by atoms with Gasteiger partial charge in [-0.1, -0.05) is 49.4 Å². The summed E-state index contributed by atoms with van der Waals surface area (Å²) in [6, 6.07) is 36.6. The number of nitrogens with zero attached hydrogens (tertiary/aromatic N) is 3. The molecular formula is C29H23IrN3-2. The Morgan fingerprint density at radius 3 is 2.09 bits per heavy atom. The predicted molar refractivity (Wildman–Crippen MR) is 130 cm³/mol. The first kappa shape index (κ1) is 24.2. The maximum atomic E-state index is 4.45. The Morgan fingerprint density at radius 2 is 1.36 bits per heavy atom. The van der Waals surface area contributed by atoms with Gasteiger partial charge in [0, 0.05) is 38.2 Å². The topological polar surface area (TPSA) is 38.7 Å². The molecule has 1 radical (unpaired) electrons. The average molecular weight is 606 g/mol. The fourth-order valence-corrected chi connectivity index (χ4v) is 3.27. The Labute approximate surface area is 209 Å². The van der Waals surface area contributed by atoms with Crippen LogP contribution in [-0.4, -0.2) is 15.0 Å². The van der Waals surface area contributed by atoms with E-state index in [9.17, 15) is 0 Å². The monoisotopic (exact) mass is 606 g/mol.